The Hall–Kier alpha value is -2.32. The molecule has 0 unspecified atom stereocenters. The van der Waals surface area contributed by atoms with Gasteiger partial charge in [0.25, 0.3) is 0 Å². The van der Waals surface area contributed by atoms with Gasteiger partial charge in [-0.05, 0) is 13.1 Å². The SMILES string of the molecule is COc1cc(OC)c(OC)cc1/C=N/NC(=O)CCN1CCN(C)CC1. The number of hydrogen-bond donors (Lipinski definition) is 1. The van der Waals surface area contributed by atoms with E-state index in [2.05, 4.69) is 27.4 Å². The van der Waals surface area contributed by atoms with E-state index in [0.29, 0.717) is 29.2 Å². The summed E-state index contributed by atoms with van der Waals surface area (Å²) in [7, 11) is 6.80. The molecular weight excluding hydrogens is 336 g/mol. The van der Waals surface area contributed by atoms with Crippen LogP contribution in [0.4, 0.5) is 0 Å². The minimum Gasteiger partial charge on any atom is -0.496 e. The Morgan fingerprint density at radius 3 is 2.31 bits per heavy atom. The fourth-order valence-electron chi connectivity index (χ4n) is 2.71. The number of benzene rings is 1. The molecule has 8 heteroatoms. The number of piperazine rings is 1. The van der Waals surface area contributed by atoms with Crippen molar-refractivity contribution in [2.24, 2.45) is 5.10 Å². The molecule has 1 heterocycles. The number of nitrogens with zero attached hydrogens (tertiary/aromatic N) is 3. The van der Waals surface area contributed by atoms with Crippen molar-refractivity contribution >= 4 is 12.1 Å². The van der Waals surface area contributed by atoms with Crippen molar-refractivity contribution in [2.45, 2.75) is 6.42 Å². The Kier molecular flexibility index (Phi) is 7.68. The number of ether oxygens (including phenoxy) is 3. The lowest BCUT2D eigenvalue weighted by atomic mass is 10.2. The van der Waals surface area contributed by atoms with E-state index in [4.69, 9.17) is 14.2 Å². The average Bonchev–Trinajstić information content (AvgIpc) is 2.67. The second-order valence-electron chi connectivity index (χ2n) is 6.14. The van der Waals surface area contributed by atoms with Crippen molar-refractivity contribution in [1.29, 1.82) is 0 Å². The van der Waals surface area contributed by atoms with Gasteiger partial charge >= 0.3 is 0 Å². The highest BCUT2D eigenvalue weighted by Gasteiger charge is 2.14. The molecule has 1 aromatic carbocycles. The lowest BCUT2D eigenvalue weighted by Crippen LogP contribution is -2.45. The maximum Gasteiger partial charge on any atom is 0.241 e. The minimum absolute atomic E-state index is 0.111. The lowest BCUT2D eigenvalue weighted by molar-refractivity contribution is -0.121. The molecule has 1 saturated heterocycles. The molecule has 0 saturated carbocycles. The van der Waals surface area contributed by atoms with Gasteiger partial charge in [-0.1, -0.05) is 0 Å². The summed E-state index contributed by atoms with van der Waals surface area (Å²) in [5.74, 6) is 1.60. The molecule has 0 atom stereocenters. The number of nitrogens with one attached hydrogen (secondary N) is 1. The maximum atomic E-state index is 12.0. The highest BCUT2D eigenvalue weighted by Crippen LogP contribution is 2.33. The fourth-order valence-corrected chi connectivity index (χ4v) is 2.71. The number of carbonyl (C=O) groups excluding carboxylic acids is 1. The highest BCUT2D eigenvalue weighted by molar-refractivity contribution is 5.86. The Labute approximate surface area is 154 Å². The molecule has 0 bridgehead atoms. The second kappa shape index (κ2) is 9.98. The van der Waals surface area contributed by atoms with Crippen LogP contribution >= 0.6 is 0 Å². The van der Waals surface area contributed by atoms with Crippen LogP contribution in [0.5, 0.6) is 17.2 Å². The molecule has 0 radical (unpaired) electrons. The van der Waals surface area contributed by atoms with Crippen LogP contribution in [0.1, 0.15) is 12.0 Å². The van der Waals surface area contributed by atoms with Gasteiger partial charge in [0.1, 0.15) is 5.75 Å². The number of hydrogen-bond acceptors (Lipinski definition) is 7. The van der Waals surface area contributed by atoms with Gasteiger partial charge in [0, 0.05) is 50.8 Å². The molecule has 1 amide bonds. The summed E-state index contributed by atoms with van der Waals surface area (Å²) in [4.78, 5) is 16.6. The minimum atomic E-state index is -0.111. The van der Waals surface area contributed by atoms with Crippen LogP contribution in [0.25, 0.3) is 0 Å². The first-order valence-electron chi connectivity index (χ1n) is 8.60. The monoisotopic (exact) mass is 364 g/mol. The number of hydrazone groups is 1. The zero-order valence-corrected chi connectivity index (χ0v) is 15.9. The number of carbonyl (C=O) groups is 1. The summed E-state index contributed by atoms with van der Waals surface area (Å²) >= 11 is 0. The van der Waals surface area contributed by atoms with Crippen LogP contribution in [0, 0.1) is 0 Å². The van der Waals surface area contributed by atoms with E-state index in [9.17, 15) is 4.79 Å². The first-order chi connectivity index (χ1) is 12.6. The van der Waals surface area contributed by atoms with Crippen LogP contribution < -0.4 is 19.6 Å². The van der Waals surface area contributed by atoms with E-state index in [0.717, 1.165) is 32.7 Å². The average molecular weight is 364 g/mol. The lowest BCUT2D eigenvalue weighted by Gasteiger charge is -2.32. The van der Waals surface area contributed by atoms with Gasteiger partial charge in [-0.15, -0.1) is 0 Å². The summed E-state index contributed by atoms with van der Waals surface area (Å²) in [6, 6.07) is 3.47. The standard InChI is InChI=1S/C18H28N4O4/c1-21-7-9-22(10-8-21)6-5-18(23)20-19-13-14-11-16(25-3)17(26-4)12-15(14)24-2/h11-13H,5-10H2,1-4H3,(H,20,23)/b19-13+. The Morgan fingerprint density at radius 1 is 1.08 bits per heavy atom. The van der Waals surface area contributed by atoms with E-state index < -0.39 is 0 Å². The Morgan fingerprint density at radius 2 is 1.69 bits per heavy atom. The van der Waals surface area contributed by atoms with Gasteiger partial charge in [-0.25, -0.2) is 5.43 Å². The third-order valence-electron chi connectivity index (χ3n) is 4.38. The summed E-state index contributed by atoms with van der Waals surface area (Å²) in [5, 5.41) is 4.03. The molecule has 0 aliphatic carbocycles. The smallest absolute Gasteiger partial charge is 0.241 e. The van der Waals surface area contributed by atoms with Crippen molar-refractivity contribution in [1.82, 2.24) is 15.2 Å². The quantitative estimate of drug-likeness (QED) is 0.543. The van der Waals surface area contributed by atoms with Crippen LogP contribution in [-0.2, 0) is 4.79 Å². The number of rotatable bonds is 8. The Balaban J connectivity index is 1.88. The van der Waals surface area contributed by atoms with E-state index in [1.165, 1.54) is 6.21 Å². The first-order valence-corrected chi connectivity index (χ1v) is 8.60. The normalized spacial score (nSPS) is 15.8. The molecule has 144 valence electrons. The molecule has 0 spiro atoms. The summed E-state index contributed by atoms with van der Waals surface area (Å²) in [6.45, 7) is 4.82. The summed E-state index contributed by atoms with van der Waals surface area (Å²) < 4.78 is 15.9. The van der Waals surface area contributed by atoms with Crippen LogP contribution in [-0.4, -0.2) is 83.0 Å². The third-order valence-corrected chi connectivity index (χ3v) is 4.38. The van der Waals surface area contributed by atoms with Crippen LogP contribution in [0.15, 0.2) is 17.2 Å². The highest BCUT2D eigenvalue weighted by atomic mass is 16.5. The molecular formula is C18H28N4O4. The molecule has 2 rings (SSSR count). The van der Waals surface area contributed by atoms with Crippen molar-refractivity contribution in [3.05, 3.63) is 17.7 Å². The molecule has 0 aromatic heterocycles. The van der Waals surface area contributed by atoms with Crippen molar-refractivity contribution < 1.29 is 19.0 Å². The zero-order valence-electron chi connectivity index (χ0n) is 15.9. The molecule has 1 aromatic rings. The summed E-state index contributed by atoms with van der Waals surface area (Å²) in [5.41, 5.74) is 3.25. The van der Waals surface area contributed by atoms with Gasteiger partial charge < -0.3 is 24.0 Å². The molecule has 8 nitrogen and oxygen atoms in total. The van der Waals surface area contributed by atoms with Gasteiger partial charge in [0.2, 0.25) is 5.91 Å². The Bertz CT molecular complexity index is 628. The van der Waals surface area contributed by atoms with Crippen LogP contribution in [0.2, 0.25) is 0 Å². The molecule has 26 heavy (non-hydrogen) atoms. The van der Waals surface area contributed by atoms with Gasteiger partial charge in [0.15, 0.2) is 11.5 Å². The number of amides is 1. The second-order valence-corrected chi connectivity index (χ2v) is 6.14. The molecule has 1 aliphatic heterocycles. The number of likely N-dealkylation sites (N-methyl/N-ethyl adjacent to an activating group) is 1. The summed E-state index contributed by atoms with van der Waals surface area (Å²) in [6.07, 6.45) is 1.96. The predicted octanol–water partition coefficient (Wildman–Crippen LogP) is 0.800. The number of methoxy groups -OCH3 is 3. The molecule has 1 N–H and O–H groups in total. The van der Waals surface area contributed by atoms with Crippen molar-refractivity contribution in [3.63, 3.8) is 0 Å². The van der Waals surface area contributed by atoms with Gasteiger partial charge in [-0.2, -0.15) is 5.10 Å². The predicted molar refractivity (Wildman–Crippen MR) is 100 cm³/mol. The molecule has 1 aliphatic rings. The third kappa shape index (κ3) is 5.60. The fraction of sp³-hybridized carbons (Fsp3) is 0.556. The van der Waals surface area contributed by atoms with Gasteiger partial charge in [0.05, 0.1) is 27.5 Å². The van der Waals surface area contributed by atoms with Crippen molar-refractivity contribution in [3.8, 4) is 17.2 Å². The van der Waals surface area contributed by atoms with E-state index in [1.807, 2.05) is 0 Å². The molecule has 1 fully saturated rings. The van der Waals surface area contributed by atoms with E-state index in [1.54, 1.807) is 33.5 Å². The van der Waals surface area contributed by atoms with E-state index in [-0.39, 0.29) is 5.91 Å². The van der Waals surface area contributed by atoms with Gasteiger partial charge in [-0.3, -0.25) is 4.79 Å². The topological polar surface area (TPSA) is 75.6 Å². The largest absolute Gasteiger partial charge is 0.496 e. The maximum absolute atomic E-state index is 12.0. The zero-order chi connectivity index (χ0) is 18.9. The van der Waals surface area contributed by atoms with E-state index >= 15 is 0 Å². The van der Waals surface area contributed by atoms with Crippen LogP contribution in [0.3, 0.4) is 0 Å². The first kappa shape index (κ1) is 20.0. The van der Waals surface area contributed by atoms with Crippen molar-refractivity contribution in [2.75, 3.05) is 61.1 Å².